The Kier molecular flexibility index (Phi) is 5.39. The monoisotopic (exact) mass is 389 g/mol. The zero-order chi connectivity index (χ0) is 20.2. The van der Waals surface area contributed by atoms with Crippen LogP contribution in [0.3, 0.4) is 0 Å². The molecule has 2 aromatic carbocycles. The van der Waals surface area contributed by atoms with Crippen molar-refractivity contribution in [2.24, 2.45) is 0 Å². The number of carbonyl (C=O) groups excluding carboxylic acids is 1. The second-order valence-electron chi connectivity index (χ2n) is 7.00. The van der Waals surface area contributed by atoms with Crippen molar-refractivity contribution in [2.75, 3.05) is 6.61 Å². The third-order valence-electron chi connectivity index (χ3n) is 4.97. The van der Waals surface area contributed by atoms with Crippen LogP contribution < -0.4 is 5.32 Å². The Labute approximate surface area is 168 Å². The van der Waals surface area contributed by atoms with Gasteiger partial charge in [0.05, 0.1) is 25.2 Å². The van der Waals surface area contributed by atoms with E-state index in [0.717, 1.165) is 34.1 Å². The van der Waals surface area contributed by atoms with E-state index in [-0.39, 0.29) is 18.6 Å². The number of H-pyrrole nitrogens is 1. The third kappa shape index (κ3) is 4.20. The number of nitrogens with one attached hydrogen (secondary N) is 2. The summed E-state index contributed by atoms with van der Waals surface area (Å²) in [6.07, 6.45) is 7.65. The van der Waals surface area contributed by atoms with Crippen molar-refractivity contribution in [3.63, 3.8) is 0 Å². The number of nitrogens with zero attached hydrogens (tertiary/aromatic N) is 3. The highest BCUT2D eigenvalue weighted by Crippen LogP contribution is 2.25. The second-order valence-corrected chi connectivity index (χ2v) is 7.00. The molecule has 0 saturated carbocycles. The van der Waals surface area contributed by atoms with E-state index in [4.69, 9.17) is 0 Å². The molecule has 29 heavy (non-hydrogen) atoms. The largest absolute Gasteiger partial charge is 0.394 e. The Hall–Kier alpha value is -3.45. The van der Waals surface area contributed by atoms with Gasteiger partial charge in [0.2, 0.25) is 0 Å². The maximum absolute atomic E-state index is 12.7. The maximum atomic E-state index is 12.7. The van der Waals surface area contributed by atoms with Gasteiger partial charge in [-0.15, -0.1) is 0 Å². The van der Waals surface area contributed by atoms with Gasteiger partial charge in [-0.05, 0) is 41.5 Å². The van der Waals surface area contributed by atoms with E-state index >= 15 is 0 Å². The van der Waals surface area contributed by atoms with Gasteiger partial charge in [-0.3, -0.25) is 9.48 Å². The number of hydrogen-bond donors (Lipinski definition) is 3. The highest BCUT2D eigenvalue weighted by Gasteiger charge is 2.15. The highest BCUT2D eigenvalue weighted by molar-refractivity contribution is 5.99. The number of aryl methyl sites for hydroxylation is 1. The van der Waals surface area contributed by atoms with Crippen LogP contribution in [0.4, 0.5) is 0 Å². The van der Waals surface area contributed by atoms with Crippen molar-refractivity contribution in [2.45, 2.75) is 25.9 Å². The Morgan fingerprint density at radius 2 is 2.00 bits per heavy atom. The van der Waals surface area contributed by atoms with E-state index in [1.165, 1.54) is 0 Å². The Morgan fingerprint density at radius 1 is 1.17 bits per heavy atom. The number of fused-ring (bicyclic) bond motifs is 1. The molecule has 7 heteroatoms. The first kappa shape index (κ1) is 18.9. The predicted octanol–water partition coefficient (Wildman–Crippen LogP) is 2.78. The highest BCUT2D eigenvalue weighted by atomic mass is 16.3. The van der Waals surface area contributed by atoms with Crippen LogP contribution in [0.1, 0.15) is 23.0 Å². The van der Waals surface area contributed by atoms with Crippen LogP contribution >= 0.6 is 0 Å². The summed E-state index contributed by atoms with van der Waals surface area (Å²) in [7, 11) is 0. The van der Waals surface area contributed by atoms with Crippen molar-refractivity contribution < 1.29 is 9.90 Å². The smallest absolute Gasteiger partial charge is 0.251 e. The molecule has 2 heterocycles. The van der Waals surface area contributed by atoms with E-state index in [0.29, 0.717) is 12.0 Å². The van der Waals surface area contributed by atoms with Gasteiger partial charge < -0.3 is 15.4 Å². The molecular formula is C22H23N5O2. The summed E-state index contributed by atoms with van der Waals surface area (Å²) in [6.45, 7) is 2.74. The molecule has 1 atom stereocenters. The molecule has 0 bridgehead atoms. The van der Waals surface area contributed by atoms with Gasteiger partial charge in [0.1, 0.15) is 0 Å². The lowest BCUT2D eigenvalue weighted by molar-refractivity contribution is 0.0916. The summed E-state index contributed by atoms with van der Waals surface area (Å²) >= 11 is 0. The van der Waals surface area contributed by atoms with Crippen molar-refractivity contribution in [3.05, 3.63) is 72.6 Å². The number of carbonyl (C=O) groups is 1. The minimum atomic E-state index is -0.379. The average Bonchev–Trinajstić information content (AvgIpc) is 3.44. The zero-order valence-electron chi connectivity index (χ0n) is 16.2. The molecule has 3 N–H and O–H groups in total. The van der Waals surface area contributed by atoms with Crippen LogP contribution in [0.15, 0.2) is 61.3 Å². The van der Waals surface area contributed by atoms with Crippen molar-refractivity contribution in [3.8, 4) is 11.1 Å². The number of amides is 1. The van der Waals surface area contributed by atoms with Gasteiger partial charge in [0, 0.05) is 42.2 Å². The van der Waals surface area contributed by atoms with Gasteiger partial charge in [0.25, 0.3) is 5.91 Å². The lowest BCUT2D eigenvalue weighted by atomic mass is 10.0. The van der Waals surface area contributed by atoms with Gasteiger partial charge in [0.15, 0.2) is 0 Å². The molecule has 0 radical (unpaired) electrons. The number of aliphatic hydroxyl groups excluding tert-OH is 1. The second kappa shape index (κ2) is 8.28. The van der Waals surface area contributed by atoms with Crippen molar-refractivity contribution >= 4 is 16.7 Å². The molecule has 4 rings (SSSR count). The molecule has 1 amide bonds. The SMILES string of the molecule is CCn1cc(-c2ccc3cc(C(=O)N[C@H](CO)Cc4cnc[nH]4)ccc3c2)cn1. The van der Waals surface area contributed by atoms with Crippen LogP contribution in [0, 0.1) is 0 Å². The minimum Gasteiger partial charge on any atom is -0.394 e. The fraction of sp³-hybridized carbons (Fsp3) is 0.227. The van der Waals surface area contributed by atoms with Crippen LogP contribution in [0.25, 0.3) is 21.9 Å². The average molecular weight is 389 g/mol. The molecule has 0 aliphatic rings. The quantitative estimate of drug-likeness (QED) is 0.453. The van der Waals surface area contributed by atoms with E-state index in [1.807, 2.05) is 47.4 Å². The molecular weight excluding hydrogens is 366 g/mol. The lowest BCUT2D eigenvalue weighted by Crippen LogP contribution is -2.39. The molecule has 7 nitrogen and oxygen atoms in total. The summed E-state index contributed by atoms with van der Waals surface area (Å²) in [5, 5.41) is 18.8. The summed E-state index contributed by atoms with van der Waals surface area (Å²) in [5.74, 6) is -0.209. The normalized spacial score (nSPS) is 12.2. The van der Waals surface area contributed by atoms with E-state index in [1.54, 1.807) is 12.5 Å². The Balaban J connectivity index is 1.52. The van der Waals surface area contributed by atoms with Crippen molar-refractivity contribution in [1.29, 1.82) is 0 Å². The number of hydrogen-bond acceptors (Lipinski definition) is 4. The number of imidazole rings is 1. The van der Waals surface area contributed by atoms with Crippen LogP contribution in [0.5, 0.6) is 0 Å². The topological polar surface area (TPSA) is 95.8 Å². The van der Waals surface area contributed by atoms with Crippen molar-refractivity contribution in [1.82, 2.24) is 25.1 Å². The maximum Gasteiger partial charge on any atom is 0.251 e. The molecule has 2 aromatic heterocycles. The standard InChI is InChI=1S/C22H23N5O2/c1-2-27-12-19(10-25-27)17-4-3-16-8-18(6-5-15(16)7-17)22(29)26-21(13-28)9-20-11-23-14-24-20/h3-8,10-12,14,21,28H,2,9,13H2,1H3,(H,23,24)(H,26,29)/t21-/m0/s1. The number of rotatable bonds is 7. The molecule has 0 aliphatic carbocycles. The molecule has 0 saturated heterocycles. The van der Waals surface area contributed by atoms with E-state index < -0.39 is 0 Å². The fourth-order valence-corrected chi connectivity index (χ4v) is 3.34. The zero-order valence-corrected chi connectivity index (χ0v) is 16.2. The lowest BCUT2D eigenvalue weighted by Gasteiger charge is -2.15. The molecule has 0 spiro atoms. The van der Waals surface area contributed by atoms with E-state index in [9.17, 15) is 9.90 Å². The third-order valence-corrected chi connectivity index (χ3v) is 4.97. The molecule has 0 fully saturated rings. The first-order valence-electron chi connectivity index (χ1n) is 9.62. The van der Waals surface area contributed by atoms with Crippen LogP contribution in [-0.2, 0) is 13.0 Å². The van der Waals surface area contributed by atoms with Gasteiger partial charge in [-0.1, -0.05) is 18.2 Å². The number of benzene rings is 2. The summed E-state index contributed by atoms with van der Waals surface area (Å²) in [6, 6.07) is 11.4. The van der Waals surface area contributed by atoms with E-state index in [2.05, 4.69) is 33.4 Å². The molecule has 0 aliphatic heterocycles. The summed E-state index contributed by atoms with van der Waals surface area (Å²) < 4.78 is 1.90. The summed E-state index contributed by atoms with van der Waals surface area (Å²) in [5.41, 5.74) is 3.59. The Morgan fingerprint density at radius 3 is 2.72 bits per heavy atom. The van der Waals surface area contributed by atoms with Crippen LogP contribution in [0.2, 0.25) is 0 Å². The number of aliphatic hydroxyl groups is 1. The Bertz CT molecular complexity index is 1120. The minimum absolute atomic E-state index is 0.146. The number of aromatic nitrogens is 4. The summed E-state index contributed by atoms with van der Waals surface area (Å²) in [4.78, 5) is 19.6. The van der Waals surface area contributed by atoms with Gasteiger partial charge >= 0.3 is 0 Å². The number of aromatic amines is 1. The van der Waals surface area contributed by atoms with Gasteiger partial charge in [-0.2, -0.15) is 5.10 Å². The first-order valence-corrected chi connectivity index (χ1v) is 9.62. The fourth-order valence-electron chi connectivity index (χ4n) is 3.34. The van der Waals surface area contributed by atoms with Gasteiger partial charge in [-0.25, -0.2) is 4.98 Å². The molecule has 148 valence electrons. The molecule has 0 unspecified atom stereocenters. The first-order chi connectivity index (χ1) is 14.2. The van der Waals surface area contributed by atoms with Crippen LogP contribution in [-0.4, -0.2) is 43.4 Å². The predicted molar refractivity (Wildman–Crippen MR) is 111 cm³/mol. The molecule has 4 aromatic rings.